The van der Waals surface area contributed by atoms with E-state index in [1.807, 2.05) is 6.92 Å². The van der Waals surface area contributed by atoms with Crippen LogP contribution in [-0.4, -0.2) is 28.0 Å². The third-order valence-electron chi connectivity index (χ3n) is 3.41. The Kier molecular flexibility index (Phi) is 4.26. The van der Waals surface area contributed by atoms with E-state index in [9.17, 15) is 9.18 Å². The molecule has 0 unspecified atom stereocenters. The zero-order valence-corrected chi connectivity index (χ0v) is 12.2. The van der Waals surface area contributed by atoms with Gasteiger partial charge < -0.3 is 9.84 Å². The minimum Gasteiger partial charge on any atom is -0.494 e. The zero-order chi connectivity index (χ0) is 15.6. The lowest BCUT2D eigenvalue weighted by molar-refractivity contribution is -0.136. The van der Waals surface area contributed by atoms with Crippen molar-refractivity contribution in [2.75, 3.05) is 7.11 Å². The highest BCUT2D eigenvalue weighted by molar-refractivity contribution is 5.70. The third kappa shape index (κ3) is 3.21. The van der Waals surface area contributed by atoms with Gasteiger partial charge in [-0.2, -0.15) is 5.10 Å². The van der Waals surface area contributed by atoms with E-state index in [1.165, 1.54) is 13.2 Å². The van der Waals surface area contributed by atoms with Crippen LogP contribution in [0.2, 0.25) is 0 Å². The van der Waals surface area contributed by atoms with Gasteiger partial charge in [0, 0.05) is 11.3 Å². The molecule has 0 amide bonds. The number of aliphatic carboxylic acids is 1. The highest BCUT2D eigenvalue weighted by Gasteiger charge is 2.15. The molecule has 0 radical (unpaired) electrons. The van der Waals surface area contributed by atoms with E-state index in [2.05, 4.69) is 5.10 Å². The summed E-state index contributed by atoms with van der Waals surface area (Å²) < 4.78 is 20.2. The summed E-state index contributed by atoms with van der Waals surface area (Å²) in [6.07, 6.45) is -0.0609. The van der Waals surface area contributed by atoms with E-state index >= 15 is 0 Å². The van der Waals surface area contributed by atoms with Crippen LogP contribution < -0.4 is 4.74 Å². The number of hydrogen-bond acceptors (Lipinski definition) is 3. The van der Waals surface area contributed by atoms with E-state index in [1.54, 1.807) is 23.7 Å². The SMILES string of the molecule is COc1ccc(Cn2nc(C)c(CC(=O)O)c2C)cc1F. The van der Waals surface area contributed by atoms with Crippen LogP contribution in [0.5, 0.6) is 5.75 Å². The maximum atomic E-state index is 13.7. The number of halogens is 1. The van der Waals surface area contributed by atoms with E-state index in [0.717, 1.165) is 11.3 Å². The second kappa shape index (κ2) is 5.95. The minimum atomic E-state index is -0.892. The van der Waals surface area contributed by atoms with Gasteiger partial charge in [-0.05, 0) is 31.5 Å². The maximum Gasteiger partial charge on any atom is 0.307 e. The number of ether oxygens (including phenoxy) is 1. The van der Waals surface area contributed by atoms with Gasteiger partial charge in [-0.25, -0.2) is 4.39 Å². The zero-order valence-electron chi connectivity index (χ0n) is 12.2. The minimum absolute atomic E-state index is 0.0609. The molecule has 0 aliphatic rings. The Hall–Kier alpha value is -2.37. The van der Waals surface area contributed by atoms with Crippen molar-refractivity contribution in [3.8, 4) is 5.75 Å². The molecule has 6 heteroatoms. The van der Waals surface area contributed by atoms with Crippen molar-refractivity contribution in [1.29, 1.82) is 0 Å². The van der Waals surface area contributed by atoms with E-state index in [0.29, 0.717) is 17.8 Å². The van der Waals surface area contributed by atoms with Gasteiger partial charge in [0.05, 0.1) is 25.8 Å². The van der Waals surface area contributed by atoms with Crippen molar-refractivity contribution in [3.63, 3.8) is 0 Å². The van der Waals surface area contributed by atoms with E-state index in [4.69, 9.17) is 9.84 Å². The summed E-state index contributed by atoms with van der Waals surface area (Å²) in [4.78, 5) is 10.9. The first kappa shape index (κ1) is 15.0. The van der Waals surface area contributed by atoms with Gasteiger partial charge in [0.1, 0.15) is 0 Å². The number of carboxylic acids is 1. The summed E-state index contributed by atoms with van der Waals surface area (Å²) in [5.41, 5.74) is 2.91. The number of aryl methyl sites for hydroxylation is 1. The first-order valence-electron chi connectivity index (χ1n) is 6.49. The molecule has 0 aliphatic heterocycles. The van der Waals surface area contributed by atoms with Gasteiger partial charge in [0.2, 0.25) is 0 Å². The van der Waals surface area contributed by atoms with Crippen LogP contribution in [0.3, 0.4) is 0 Å². The van der Waals surface area contributed by atoms with Crippen LogP contribution >= 0.6 is 0 Å². The molecule has 0 atom stereocenters. The number of carbonyl (C=O) groups is 1. The number of hydrogen-bond donors (Lipinski definition) is 1. The summed E-state index contributed by atoms with van der Waals surface area (Å²) in [7, 11) is 1.41. The summed E-state index contributed by atoms with van der Waals surface area (Å²) in [6, 6.07) is 4.72. The van der Waals surface area contributed by atoms with Crippen LogP contribution in [0, 0.1) is 19.7 Å². The number of rotatable bonds is 5. The molecule has 0 saturated heterocycles. The Labute approximate surface area is 122 Å². The van der Waals surface area contributed by atoms with Gasteiger partial charge in [0.15, 0.2) is 11.6 Å². The lowest BCUT2D eigenvalue weighted by Crippen LogP contribution is -2.06. The normalized spacial score (nSPS) is 10.7. The van der Waals surface area contributed by atoms with Crippen molar-refractivity contribution >= 4 is 5.97 Å². The Bertz CT molecular complexity index is 680. The van der Waals surface area contributed by atoms with Crippen LogP contribution in [0.15, 0.2) is 18.2 Å². The van der Waals surface area contributed by atoms with Crippen molar-refractivity contribution in [1.82, 2.24) is 9.78 Å². The van der Waals surface area contributed by atoms with Crippen LogP contribution in [-0.2, 0) is 17.8 Å². The fourth-order valence-electron chi connectivity index (χ4n) is 2.28. The predicted molar refractivity (Wildman–Crippen MR) is 75.1 cm³/mol. The predicted octanol–water partition coefficient (Wildman–Crippen LogP) is 2.32. The van der Waals surface area contributed by atoms with Gasteiger partial charge in [-0.3, -0.25) is 9.48 Å². The molecule has 2 aromatic rings. The number of nitrogens with zero attached hydrogens (tertiary/aromatic N) is 2. The quantitative estimate of drug-likeness (QED) is 0.918. The molecule has 21 heavy (non-hydrogen) atoms. The Morgan fingerprint density at radius 3 is 2.71 bits per heavy atom. The van der Waals surface area contributed by atoms with Crippen molar-refractivity contribution in [3.05, 3.63) is 46.5 Å². The van der Waals surface area contributed by atoms with E-state index < -0.39 is 11.8 Å². The summed E-state index contributed by atoms with van der Waals surface area (Å²) in [5.74, 6) is -1.13. The molecular formula is C15H17FN2O3. The lowest BCUT2D eigenvalue weighted by Gasteiger charge is -2.07. The van der Waals surface area contributed by atoms with E-state index in [-0.39, 0.29) is 12.2 Å². The molecule has 1 aromatic carbocycles. The largest absolute Gasteiger partial charge is 0.494 e. The highest BCUT2D eigenvalue weighted by atomic mass is 19.1. The second-order valence-electron chi connectivity index (χ2n) is 4.85. The Balaban J connectivity index is 2.28. The van der Waals surface area contributed by atoms with Crippen molar-refractivity contribution < 1.29 is 19.0 Å². The molecule has 0 bridgehead atoms. The van der Waals surface area contributed by atoms with Gasteiger partial charge in [0.25, 0.3) is 0 Å². The molecule has 0 fully saturated rings. The van der Waals surface area contributed by atoms with Gasteiger partial charge >= 0.3 is 5.97 Å². The monoisotopic (exact) mass is 292 g/mol. The Morgan fingerprint density at radius 2 is 2.14 bits per heavy atom. The van der Waals surface area contributed by atoms with Crippen LogP contribution in [0.1, 0.15) is 22.5 Å². The fraction of sp³-hybridized carbons (Fsp3) is 0.333. The molecule has 1 heterocycles. The third-order valence-corrected chi connectivity index (χ3v) is 3.41. The highest BCUT2D eigenvalue weighted by Crippen LogP contribution is 2.20. The molecule has 1 N–H and O–H groups in total. The molecule has 112 valence electrons. The molecule has 0 aliphatic carbocycles. The second-order valence-corrected chi connectivity index (χ2v) is 4.85. The smallest absolute Gasteiger partial charge is 0.307 e. The molecule has 1 aromatic heterocycles. The molecule has 0 spiro atoms. The number of aromatic nitrogens is 2. The van der Waals surface area contributed by atoms with Crippen molar-refractivity contribution in [2.24, 2.45) is 0 Å². The van der Waals surface area contributed by atoms with Crippen LogP contribution in [0.25, 0.3) is 0 Å². The summed E-state index contributed by atoms with van der Waals surface area (Å²) in [6.45, 7) is 3.97. The van der Waals surface area contributed by atoms with Gasteiger partial charge in [-0.15, -0.1) is 0 Å². The van der Waals surface area contributed by atoms with Crippen molar-refractivity contribution in [2.45, 2.75) is 26.8 Å². The topological polar surface area (TPSA) is 64.4 Å². The summed E-state index contributed by atoms with van der Waals surface area (Å²) >= 11 is 0. The summed E-state index contributed by atoms with van der Waals surface area (Å²) in [5, 5.41) is 13.2. The average molecular weight is 292 g/mol. The first-order chi connectivity index (χ1) is 9.92. The van der Waals surface area contributed by atoms with Gasteiger partial charge in [-0.1, -0.05) is 6.07 Å². The number of methoxy groups -OCH3 is 1. The fourth-order valence-corrected chi connectivity index (χ4v) is 2.28. The molecular weight excluding hydrogens is 275 g/mol. The van der Waals surface area contributed by atoms with Crippen LogP contribution in [0.4, 0.5) is 4.39 Å². The Morgan fingerprint density at radius 1 is 1.43 bits per heavy atom. The maximum absolute atomic E-state index is 13.7. The number of benzene rings is 1. The molecule has 5 nitrogen and oxygen atoms in total. The average Bonchev–Trinajstić information content (AvgIpc) is 2.66. The standard InChI is InChI=1S/C15H17FN2O3/c1-9-12(7-15(19)20)10(2)18(17-9)8-11-4-5-14(21-3)13(16)6-11/h4-6H,7-8H2,1-3H3,(H,19,20). The lowest BCUT2D eigenvalue weighted by atomic mass is 10.1. The molecule has 2 rings (SSSR count). The number of carboxylic acid groups (broad SMARTS) is 1. The first-order valence-corrected chi connectivity index (χ1v) is 6.49. The molecule has 0 saturated carbocycles.